The maximum absolute atomic E-state index is 12.8. The van der Waals surface area contributed by atoms with Crippen molar-refractivity contribution in [2.75, 3.05) is 25.0 Å². The molecule has 1 unspecified atom stereocenters. The number of amides is 2. The molecular weight excluding hydrogens is 406 g/mol. The number of nitrogens with zero attached hydrogens (tertiary/aromatic N) is 3. The molecule has 3 aliphatic heterocycles. The van der Waals surface area contributed by atoms with E-state index in [0.29, 0.717) is 50.6 Å². The summed E-state index contributed by atoms with van der Waals surface area (Å²) >= 11 is 0. The number of imidazole rings is 1. The highest BCUT2D eigenvalue weighted by molar-refractivity contribution is 6.02. The second kappa shape index (κ2) is 7.92. The maximum Gasteiger partial charge on any atom is 0.255 e. The molecule has 1 aromatic carbocycles. The maximum atomic E-state index is 12.8. The molecule has 1 aromatic heterocycles. The topological polar surface area (TPSA) is 88.5 Å². The largest absolute Gasteiger partial charge is 0.370 e. The molecule has 1 atom stereocenters. The molecule has 2 aromatic rings. The summed E-state index contributed by atoms with van der Waals surface area (Å²) in [4.78, 5) is 31.8. The first-order valence-corrected chi connectivity index (χ1v) is 11.5. The van der Waals surface area contributed by atoms with Gasteiger partial charge in [0.1, 0.15) is 11.5 Å². The molecule has 3 aliphatic rings. The molecule has 2 saturated heterocycles. The molecule has 2 fully saturated rings. The molecule has 32 heavy (non-hydrogen) atoms. The molecule has 170 valence electrons. The summed E-state index contributed by atoms with van der Waals surface area (Å²) in [5.41, 5.74) is 0.632. The summed E-state index contributed by atoms with van der Waals surface area (Å²) < 4.78 is 8.38. The molecule has 0 aliphatic carbocycles. The van der Waals surface area contributed by atoms with Gasteiger partial charge in [-0.2, -0.15) is 0 Å². The first kappa shape index (κ1) is 21.0. The molecule has 0 radical (unpaired) electrons. The fourth-order valence-electron chi connectivity index (χ4n) is 5.32. The molecule has 0 bridgehead atoms. The Labute approximate surface area is 188 Å². The van der Waals surface area contributed by atoms with E-state index in [0.717, 1.165) is 24.4 Å². The second-order valence-corrected chi connectivity index (χ2v) is 9.62. The van der Waals surface area contributed by atoms with Crippen molar-refractivity contribution < 1.29 is 14.3 Å². The van der Waals surface area contributed by atoms with Crippen LogP contribution in [-0.4, -0.2) is 57.2 Å². The third-order valence-electron chi connectivity index (χ3n) is 7.01. The van der Waals surface area contributed by atoms with Crippen molar-refractivity contribution in [1.82, 2.24) is 19.8 Å². The van der Waals surface area contributed by atoms with E-state index in [1.54, 1.807) is 6.20 Å². The number of aryl methyl sites for hydroxylation is 1. The van der Waals surface area contributed by atoms with Crippen molar-refractivity contribution >= 4 is 17.5 Å². The Kier molecular flexibility index (Phi) is 5.20. The lowest BCUT2D eigenvalue weighted by atomic mass is 9.84. The van der Waals surface area contributed by atoms with Crippen molar-refractivity contribution in [3.8, 4) is 0 Å². The fraction of sp³-hybridized carbons (Fsp3) is 0.542. The lowest BCUT2D eigenvalue weighted by molar-refractivity contribution is -0.136. The van der Waals surface area contributed by atoms with Crippen LogP contribution in [0.5, 0.6) is 0 Å². The third kappa shape index (κ3) is 3.77. The van der Waals surface area contributed by atoms with Crippen LogP contribution in [0.2, 0.25) is 0 Å². The third-order valence-corrected chi connectivity index (χ3v) is 7.01. The Hall–Kier alpha value is -2.87. The molecule has 4 heterocycles. The zero-order valence-corrected chi connectivity index (χ0v) is 18.8. The highest BCUT2D eigenvalue weighted by Gasteiger charge is 2.53. The van der Waals surface area contributed by atoms with E-state index >= 15 is 0 Å². The number of hydrogen-bond acceptors (Lipinski definition) is 5. The molecule has 8 heteroatoms. The van der Waals surface area contributed by atoms with E-state index in [1.165, 1.54) is 0 Å². The van der Waals surface area contributed by atoms with Gasteiger partial charge in [-0.3, -0.25) is 9.59 Å². The summed E-state index contributed by atoms with van der Waals surface area (Å²) in [5.74, 6) is 1.47. The summed E-state index contributed by atoms with van der Waals surface area (Å²) in [7, 11) is 0. The van der Waals surface area contributed by atoms with Crippen LogP contribution in [-0.2, 0) is 16.1 Å². The molecule has 2 N–H and O–H groups in total. The number of aromatic nitrogens is 2. The van der Waals surface area contributed by atoms with E-state index in [4.69, 9.17) is 4.74 Å². The van der Waals surface area contributed by atoms with Gasteiger partial charge in [0.05, 0.1) is 17.8 Å². The zero-order valence-electron chi connectivity index (χ0n) is 18.8. The van der Waals surface area contributed by atoms with Gasteiger partial charge in [-0.25, -0.2) is 4.98 Å². The number of carbonyl (C=O) groups is 2. The predicted octanol–water partition coefficient (Wildman–Crippen LogP) is 2.73. The SMILES string of the molecule is CC(C)c1nccn1CCC(=O)N1CCC2(CC1)CC1(CO2)NC(=O)c2ccccc2N1. The van der Waals surface area contributed by atoms with Gasteiger partial charge in [0, 0.05) is 56.5 Å². The number of nitrogens with one attached hydrogen (secondary N) is 2. The lowest BCUT2D eigenvalue weighted by Gasteiger charge is -2.41. The van der Waals surface area contributed by atoms with Gasteiger partial charge < -0.3 is 24.8 Å². The number of piperidine rings is 1. The highest BCUT2D eigenvalue weighted by atomic mass is 16.5. The molecule has 5 rings (SSSR count). The van der Waals surface area contributed by atoms with Gasteiger partial charge >= 0.3 is 0 Å². The van der Waals surface area contributed by atoms with E-state index in [2.05, 4.69) is 34.0 Å². The quantitative estimate of drug-likeness (QED) is 0.768. The Bertz CT molecular complexity index is 1020. The van der Waals surface area contributed by atoms with E-state index in [9.17, 15) is 9.59 Å². The normalized spacial score (nSPS) is 24.0. The summed E-state index contributed by atoms with van der Waals surface area (Å²) in [6, 6.07) is 7.57. The van der Waals surface area contributed by atoms with Crippen molar-refractivity contribution in [2.24, 2.45) is 0 Å². The van der Waals surface area contributed by atoms with Gasteiger partial charge in [0.25, 0.3) is 5.91 Å². The minimum atomic E-state index is -0.577. The van der Waals surface area contributed by atoms with Crippen molar-refractivity contribution in [3.05, 3.63) is 48.0 Å². The van der Waals surface area contributed by atoms with Crippen LogP contribution in [0.4, 0.5) is 5.69 Å². The number of ether oxygens (including phenoxy) is 1. The number of likely N-dealkylation sites (tertiary alicyclic amines) is 1. The van der Waals surface area contributed by atoms with Crippen molar-refractivity contribution in [3.63, 3.8) is 0 Å². The smallest absolute Gasteiger partial charge is 0.255 e. The molecule has 2 amide bonds. The van der Waals surface area contributed by atoms with Gasteiger partial charge in [-0.1, -0.05) is 26.0 Å². The monoisotopic (exact) mass is 437 g/mol. The average Bonchev–Trinajstić information content (AvgIpc) is 3.38. The number of rotatable bonds is 4. The molecule has 8 nitrogen and oxygen atoms in total. The number of benzene rings is 1. The Morgan fingerprint density at radius 2 is 2.00 bits per heavy atom. The molecular formula is C24H31N5O3. The Balaban J connectivity index is 1.18. The number of fused-ring (bicyclic) bond motifs is 1. The minimum absolute atomic E-state index is 0.0621. The second-order valence-electron chi connectivity index (χ2n) is 9.62. The first-order valence-electron chi connectivity index (χ1n) is 11.5. The Morgan fingerprint density at radius 3 is 2.78 bits per heavy atom. The van der Waals surface area contributed by atoms with Gasteiger partial charge in [-0.05, 0) is 25.0 Å². The van der Waals surface area contributed by atoms with E-state index in [-0.39, 0.29) is 17.4 Å². The van der Waals surface area contributed by atoms with E-state index < -0.39 is 5.66 Å². The van der Waals surface area contributed by atoms with Crippen LogP contribution in [0.1, 0.15) is 61.6 Å². The van der Waals surface area contributed by atoms with E-state index in [1.807, 2.05) is 35.4 Å². The molecule has 2 spiro atoms. The molecule has 0 saturated carbocycles. The number of carbonyl (C=O) groups excluding carboxylic acids is 2. The average molecular weight is 438 g/mol. The predicted molar refractivity (Wildman–Crippen MR) is 120 cm³/mol. The number of para-hydroxylation sites is 1. The zero-order chi connectivity index (χ0) is 22.3. The first-order chi connectivity index (χ1) is 15.4. The van der Waals surface area contributed by atoms with Crippen LogP contribution < -0.4 is 10.6 Å². The van der Waals surface area contributed by atoms with Crippen LogP contribution >= 0.6 is 0 Å². The standard InChI is InChI=1S/C24H31N5O3/c1-17(2)21-25-10-14-29(21)11-7-20(30)28-12-8-23(9-13-28)15-24(16-32-23)26-19-6-4-3-5-18(19)22(31)27-24/h3-6,10,14,17,26H,7-9,11-13,15-16H2,1-2H3,(H,27,31). The summed E-state index contributed by atoms with van der Waals surface area (Å²) in [5, 5.41) is 6.65. The van der Waals surface area contributed by atoms with Crippen molar-refractivity contribution in [1.29, 1.82) is 0 Å². The van der Waals surface area contributed by atoms with Gasteiger partial charge in [-0.15, -0.1) is 0 Å². The van der Waals surface area contributed by atoms with Crippen molar-refractivity contribution in [2.45, 2.75) is 63.3 Å². The number of anilines is 1. The summed E-state index contributed by atoms with van der Waals surface area (Å²) in [6.07, 6.45) is 6.48. The fourth-order valence-corrected chi connectivity index (χ4v) is 5.32. The minimum Gasteiger partial charge on any atom is -0.370 e. The van der Waals surface area contributed by atoms with Crippen LogP contribution in [0.3, 0.4) is 0 Å². The highest BCUT2D eigenvalue weighted by Crippen LogP contribution is 2.42. The Morgan fingerprint density at radius 1 is 1.22 bits per heavy atom. The lowest BCUT2D eigenvalue weighted by Crippen LogP contribution is -2.59. The van der Waals surface area contributed by atoms with Crippen LogP contribution in [0.25, 0.3) is 0 Å². The number of hydrogen-bond donors (Lipinski definition) is 2. The summed E-state index contributed by atoms with van der Waals surface area (Å²) in [6.45, 7) is 6.67. The van der Waals surface area contributed by atoms with Crippen LogP contribution in [0, 0.1) is 0 Å². The van der Waals surface area contributed by atoms with Crippen LogP contribution in [0.15, 0.2) is 36.7 Å². The van der Waals surface area contributed by atoms with Gasteiger partial charge in [0.2, 0.25) is 5.91 Å². The van der Waals surface area contributed by atoms with Gasteiger partial charge in [0.15, 0.2) is 0 Å².